The van der Waals surface area contributed by atoms with E-state index in [1.54, 1.807) is 0 Å². The zero-order chi connectivity index (χ0) is 12.8. The number of carbonyl (C=O) groups excluding carboxylic acids is 1. The molecule has 0 bridgehead atoms. The van der Waals surface area contributed by atoms with E-state index in [4.69, 9.17) is 10.2 Å². The number of rotatable bonds is 7. The van der Waals surface area contributed by atoms with E-state index in [9.17, 15) is 9.59 Å². The monoisotopic (exact) mass is 244 g/mol. The first-order valence-electron chi connectivity index (χ1n) is 5.93. The molecule has 0 heterocycles. The third-order valence-corrected chi connectivity index (χ3v) is 2.78. The minimum Gasteiger partial charge on any atom is -0.480 e. The maximum atomic E-state index is 11.5. The number of nitrogens with one attached hydrogen (secondary N) is 2. The number of amides is 2. The lowest BCUT2D eigenvalue weighted by atomic mass is 10.1. The van der Waals surface area contributed by atoms with Gasteiger partial charge in [0.2, 0.25) is 0 Å². The molecule has 1 fully saturated rings. The Morgan fingerprint density at radius 1 is 1.35 bits per heavy atom. The summed E-state index contributed by atoms with van der Waals surface area (Å²) in [5.74, 6) is -0.429. The Morgan fingerprint density at radius 3 is 2.47 bits per heavy atom. The van der Waals surface area contributed by atoms with Crippen LogP contribution in [-0.2, 0) is 4.79 Å². The molecule has 6 nitrogen and oxygen atoms in total. The summed E-state index contributed by atoms with van der Waals surface area (Å²) < 4.78 is 0. The van der Waals surface area contributed by atoms with Gasteiger partial charge in [-0.3, -0.25) is 0 Å². The normalized spacial score (nSPS) is 18.2. The molecular formula is C11H20N2O4. The quantitative estimate of drug-likeness (QED) is 0.518. The van der Waals surface area contributed by atoms with Crippen molar-refractivity contribution >= 4 is 12.0 Å². The third kappa shape index (κ3) is 5.53. The van der Waals surface area contributed by atoms with Gasteiger partial charge in [-0.15, -0.1) is 0 Å². The zero-order valence-electron chi connectivity index (χ0n) is 9.98. The molecule has 6 heteroatoms. The van der Waals surface area contributed by atoms with Crippen LogP contribution in [0.3, 0.4) is 0 Å². The van der Waals surface area contributed by atoms with Crippen molar-refractivity contribution in [1.29, 1.82) is 0 Å². The highest BCUT2D eigenvalue weighted by Crippen LogP contribution is 2.33. The van der Waals surface area contributed by atoms with Crippen LogP contribution in [0.25, 0.3) is 0 Å². The first-order chi connectivity index (χ1) is 8.02. The lowest BCUT2D eigenvalue weighted by molar-refractivity contribution is -0.139. The summed E-state index contributed by atoms with van der Waals surface area (Å²) in [7, 11) is 0. The number of carbonyl (C=O) groups is 2. The SMILES string of the molecule is CC(CC1CC1)NC(=O)NC(CCO)C(=O)O. The number of hydrogen-bond donors (Lipinski definition) is 4. The van der Waals surface area contributed by atoms with Crippen LogP contribution in [-0.4, -0.2) is 40.9 Å². The van der Waals surface area contributed by atoms with Crippen LogP contribution >= 0.6 is 0 Å². The van der Waals surface area contributed by atoms with E-state index < -0.39 is 18.0 Å². The van der Waals surface area contributed by atoms with Crippen molar-refractivity contribution in [1.82, 2.24) is 10.6 Å². The molecule has 1 aliphatic carbocycles. The van der Waals surface area contributed by atoms with Gasteiger partial charge in [0.05, 0.1) is 0 Å². The smallest absolute Gasteiger partial charge is 0.326 e. The number of carboxylic acid groups (broad SMARTS) is 1. The molecule has 98 valence electrons. The number of aliphatic carboxylic acids is 1. The summed E-state index contributed by atoms with van der Waals surface area (Å²) in [6, 6.07) is -1.47. The Labute approximate surface area is 100 Å². The average Bonchev–Trinajstić information content (AvgIpc) is 3.00. The largest absolute Gasteiger partial charge is 0.480 e. The van der Waals surface area contributed by atoms with Crippen molar-refractivity contribution in [2.45, 2.75) is 44.7 Å². The molecule has 1 aliphatic rings. The maximum absolute atomic E-state index is 11.5. The molecule has 2 unspecified atom stereocenters. The first kappa shape index (κ1) is 13.8. The molecule has 4 N–H and O–H groups in total. The first-order valence-corrected chi connectivity index (χ1v) is 5.93. The fourth-order valence-electron chi connectivity index (χ4n) is 1.72. The summed E-state index contributed by atoms with van der Waals surface area (Å²) in [5, 5.41) is 22.5. The third-order valence-electron chi connectivity index (χ3n) is 2.78. The van der Waals surface area contributed by atoms with Crippen molar-refractivity contribution in [3.63, 3.8) is 0 Å². The fourth-order valence-corrected chi connectivity index (χ4v) is 1.72. The maximum Gasteiger partial charge on any atom is 0.326 e. The minimum atomic E-state index is -1.14. The van der Waals surface area contributed by atoms with Gasteiger partial charge < -0.3 is 20.8 Å². The van der Waals surface area contributed by atoms with E-state index >= 15 is 0 Å². The van der Waals surface area contributed by atoms with Crippen LogP contribution in [0.4, 0.5) is 4.79 Å². The van der Waals surface area contributed by atoms with Crippen LogP contribution in [0, 0.1) is 5.92 Å². The van der Waals surface area contributed by atoms with Crippen molar-refractivity contribution in [2.75, 3.05) is 6.61 Å². The van der Waals surface area contributed by atoms with Crippen molar-refractivity contribution in [2.24, 2.45) is 5.92 Å². The molecule has 2 atom stereocenters. The summed E-state index contributed by atoms with van der Waals surface area (Å²) >= 11 is 0. The summed E-state index contributed by atoms with van der Waals surface area (Å²) in [6.45, 7) is 1.63. The van der Waals surface area contributed by atoms with Crippen LogP contribution in [0.1, 0.15) is 32.6 Å². The molecular weight excluding hydrogens is 224 g/mol. The standard InChI is InChI=1S/C11H20N2O4/c1-7(6-8-2-3-8)12-11(17)13-9(4-5-14)10(15)16/h7-9,14H,2-6H2,1H3,(H,15,16)(H2,12,13,17). The van der Waals surface area contributed by atoms with E-state index in [0.717, 1.165) is 6.42 Å². The molecule has 0 spiro atoms. The molecule has 0 aromatic carbocycles. The topological polar surface area (TPSA) is 98.7 Å². The predicted molar refractivity (Wildman–Crippen MR) is 61.6 cm³/mol. The molecule has 0 saturated heterocycles. The van der Waals surface area contributed by atoms with Crippen LogP contribution < -0.4 is 10.6 Å². The van der Waals surface area contributed by atoms with Crippen molar-refractivity contribution < 1.29 is 19.8 Å². The number of carboxylic acids is 1. The van der Waals surface area contributed by atoms with Gasteiger partial charge in [-0.25, -0.2) is 9.59 Å². The Balaban J connectivity index is 2.27. The number of aliphatic hydroxyl groups excluding tert-OH is 1. The molecule has 0 aromatic heterocycles. The Kier molecular flexibility index (Phi) is 5.21. The van der Waals surface area contributed by atoms with Gasteiger partial charge in [-0.2, -0.15) is 0 Å². The second-order valence-corrected chi connectivity index (χ2v) is 4.60. The Bertz CT molecular complexity index is 279. The lowest BCUT2D eigenvalue weighted by Crippen LogP contribution is -2.48. The van der Waals surface area contributed by atoms with Crippen LogP contribution in [0.2, 0.25) is 0 Å². The fraction of sp³-hybridized carbons (Fsp3) is 0.818. The van der Waals surface area contributed by atoms with Crippen molar-refractivity contribution in [3.8, 4) is 0 Å². The zero-order valence-corrected chi connectivity index (χ0v) is 9.98. The molecule has 17 heavy (non-hydrogen) atoms. The van der Waals surface area contributed by atoms with Gasteiger partial charge >= 0.3 is 12.0 Å². The molecule has 0 aromatic rings. The summed E-state index contributed by atoms with van der Waals surface area (Å²) in [5.41, 5.74) is 0. The molecule has 1 rings (SSSR count). The summed E-state index contributed by atoms with van der Waals surface area (Å²) in [6.07, 6.45) is 3.39. The van der Waals surface area contributed by atoms with E-state index in [1.165, 1.54) is 12.8 Å². The molecule has 0 aliphatic heterocycles. The van der Waals surface area contributed by atoms with E-state index in [-0.39, 0.29) is 19.1 Å². The Morgan fingerprint density at radius 2 is 2.00 bits per heavy atom. The van der Waals surface area contributed by atoms with Crippen LogP contribution in [0.15, 0.2) is 0 Å². The second kappa shape index (κ2) is 6.44. The minimum absolute atomic E-state index is 0.0137. The highest BCUT2D eigenvalue weighted by Gasteiger charge is 2.25. The van der Waals surface area contributed by atoms with E-state index in [2.05, 4.69) is 10.6 Å². The van der Waals surface area contributed by atoms with Crippen LogP contribution in [0.5, 0.6) is 0 Å². The lowest BCUT2D eigenvalue weighted by Gasteiger charge is -2.17. The van der Waals surface area contributed by atoms with Gasteiger partial charge in [0.1, 0.15) is 6.04 Å². The Hall–Kier alpha value is -1.30. The van der Waals surface area contributed by atoms with Gasteiger partial charge in [0.15, 0.2) is 0 Å². The second-order valence-electron chi connectivity index (χ2n) is 4.60. The van der Waals surface area contributed by atoms with Gasteiger partial charge in [-0.1, -0.05) is 12.8 Å². The average molecular weight is 244 g/mol. The van der Waals surface area contributed by atoms with Gasteiger partial charge in [-0.05, 0) is 19.3 Å². The van der Waals surface area contributed by atoms with Gasteiger partial charge in [0.25, 0.3) is 0 Å². The van der Waals surface area contributed by atoms with E-state index in [0.29, 0.717) is 5.92 Å². The molecule has 0 radical (unpaired) electrons. The predicted octanol–water partition coefficient (Wildman–Crippen LogP) is 0.310. The van der Waals surface area contributed by atoms with Crippen molar-refractivity contribution in [3.05, 3.63) is 0 Å². The number of urea groups is 1. The van der Waals surface area contributed by atoms with E-state index in [1.807, 2.05) is 6.92 Å². The highest BCUT2D eigenvalue weighted by molar-refractivity contribution is 5.82. The molecule has 2 amide bonds. The summed E-state index contributed by atoms with van der Waals surface area (Å²) in [4.78, 5) is 22.2. The highest BCUT2D eigenvalue weighted by atomic mass is 16.4. The molecule has 1 saturated carbocycles. The number of aliphatic hydroxyl groups is 1. The van der Waals surface area contributed by atoms with Gasteiger partial charge in [0, 0.05) is 19.1 Å². The number of hydrogen-bond acceptors (Lipinski definition) is 3.